The molecule has 31 heavy (non-hydrogen) atoms. The molecule has 3 aromatic carbocycles. The Morgan fingerprint density at radius 3 is 2.71 bits per heavy atom. The molecule has 6 nitrogen and oxygen atoms in total. The molecule has 1 amide bonds. The van der Waals surface area contributed by atoms with Crippen molar-refractivity contribution in [1.29, 1.82) is 0 Å². The second-order valence-electron chi connectivity index (χ2n) is 7.38. The van der Waals surface area contributed by atoms with Gasteiger partial charge in [-0.25, -0.2) is 0 Å². The predicted molar refractivity (Wildman–Crippen MR) is 125 cm³/mol. The van der Waals surface area contributed by atoms with Crippen molar-refractivity contribution in [3.05, 3.63) is 77.6 Å². The van der Waals surface area contributed by atoms with Crippen LogP contribution < -0.4 is 10.1 Å². The molecular formula is C24H24N4O2S. The number of aromatic nitrogens is 3. The molecule has 158 valence electrons. The molecule has 0 saturated heterocycles. The summed E-state index contributed by atoms with van der Waals surface area (Å²) in [5, 5.41) is 14.3. The summed E-state index contributed by atoms with van der Waals surface area (Å²) < 4.78 is 7.88. The van der Waals surface area contributed by atoms with Gasteiger partial charge in [0, 0.05) is 18.1 Å². The highest BCUT2D eigenvalue weighted by molar-refractivity contribution is 7.99. The van der Waals surface area contributed by atoms with Gasteiger partial charge in [0.15, 0.2) is 11.0 Å². The highest BCUT2D eigenvalue weighted by Crippen LogP contribution is 2.26. The van der Waals surface area contributed by atoms with Crippen molar-refractivity contribution in [2.45, 2.75) is 25.6 Å². The Morgan fingerprint density at radius 2 is 1.87 bits per heavy atom. The molecule has 4 rings (SSSR count). The molecule has 1 heterocycles. The largest absolute Gasteiger partial charge is 0.485 e. The normalized spacial score (nSPS) is 10.9. The molecule has 7 heteroatoms. The zero-order valence-corrected chi connectivity index (χ0v) is 18.6. The molecule has 0 aliphatic rings. The summed E-state index contributed by atoms with van der Waals surface area (Å²) in [6, 6.07) is 20.0. The third kappa shape index (κ3) is 4.88. The van der Waals surface area contributed by atoms with Gasteiger partial charge in [-0.2, -0.15) is 0 Å². The summed E-state index contributed by atoms with van der Waals surface area (Å²) in [4.78, 5) is 12.4. The average Bonchev–Trinajstić information content (AvgIpc) is 3.12. The zero-order valence-electron chi connectivity index (χ0n) is 17.8. The lowest BCUT2D eigenvalue weighted by molar-refractivity contribution is -0.113. The van der Waals surface area contributed by atoms with E-state index in [4.69, 9.17) is 4.74 Å². The number of ether oxygens (including phenoxy) is 1. The summed E-state index contributed by atoms with van der Waals surface area (Å²) in [5.74, 6) is 1.69. The van der Waals surface area contributed by atoms with Crippen molar-refractivity contribution in [2.24, 2.45) is 7.05 Å². The van der Waals surface area contributed by atoms with Gasteiger partial charge in [-0.15, -0.1) is 10.2 Å². The number of nitrogens with zero attached hydrogens (tertiary/aromatic N) is 3. The van der Waals surface area contributed by atoms with E-state index in [2.05, 4.69) is 27.6 Å². The third-order valence-electron chi connectivity index (χ3n) is 5.02. The van der Waals surface area contributed by atoms with Gasteiger partial charge in [-0.1, -0.05) is 65.9 Å². The van der Waals surface area contributed by atoms with E-state index < -0.39 is 0 Å². The van der Waals surface area contributed by atoms with Crippen molar-refractivity contribution in [3.63, 3.8) is 0 Å². The number of carbonyl (C=O) groups excluding carboxylic acids is 1. The van der Waals surface area contributed by atoms with Gasteiger partial charge in [-0.05, 0) is 36.9 Å². The van der Waals surface area contributed by atoms with E-state index >= 15 is 0 Å². The quantitative estimate of drug-likeness (QED) is 0.421. The third-order valence-corrected chi connectivity index (χ3v) is 6.04. The minimum Gasteiger partial charge on any atom is -0.485 e. The van der Waals surface area contributed by atoms with Crippen LogP contribution in [-0.2, 0) is 18.4 Å². The fourth-order valence-corrected chi connectivity index (χ4v) is 4.06. The summed E-state index contributed by atoms with van der Waals surface area (Å²) in [6.45, 7) is 4.32. The predicted octanol–water partition coefficient (Wildman–Crippen LogP) is 4.89. The molecule has 0 unspecified atom stereocenters. The maximum Gasteiger partial charge on any atom is 0.234 e. The fraction of sp³-hybridized carbons (Fsp3) is 0.208. The van der Waals surface area contributed by atoms with Gasteiger partial charge in [0.05, 0.1) is 5.75 Å². The molecule has 0 aliphatic carbocycles. The van der Waals surface area contributed by atoms with E-state index in [1.807, 2.05) is 74.0 Å². The van der Waals surface area contributed by atoms with E-state index in [1.165, 1.54) is 17.3 Å². The molecule has 4 aromatic rings. The van der Waals surface area contributed by atoms with Crippen LogP contribution in [0, 0.1) is 13.8 Å². The van der Waals surface area contributed by atoms with Gasteiger partial charge < -0.3 is 14.6 Å². The molecule has 0 saturated carbocycles. The Kier molecular flexibility index (Phi) is 6.23. The highest BCUT2D eigenvalue weighted by atomic mass is 32.2. The molecule has 1 N–H and O–H groups in total. The standard InChI is InChI=1S/C24H24N4O2S/c1-16-11-12-20(17(2)13-16)25-23(29)15-31-24-27-26-22(28(24)3)14-30-21-10-6-8-18-7-4-5-9-19(18)21/h4-13H,14-15H2,1-3H3,(H,25,29). The lowest BCUT2D eigenvalue weighted by Crippen LogP contribution is -2.15. The second-order valence-corrected chi connectivity index (χ2v) is 8.32. The molecule has 0 radical (unpaired) electrons. The van der Waals surface area contributed by atoms with Crippen molar-refractivity contribution < 1.29 is 9.53 Å². The lowest BCUT2D eigenvalue weighted by atomic mass is 10.1. The Morgan fingerprint density at radius 1 is 1.06 bits per heavy atom. The van der Waals surface area contributed by atoms with Crippen LogP contribution in [0.25, 0.3) is 10.8 Å². The number of hydrogen-bond donors (Lipinski definition) is 1. The van der Waals surface area contributed by atoms with Crippen molar-refractivity contribution >= 4 is 34.1 Å². The van der Waals surface area contributed by atoms with Crippen molar-refractivity contribution in [1.82, 2.24) is 14.8 Å². The Hall–Kier alpha value is -3.32. The number of carbonyl (C=O) groups is 1. The number of benzene rings is 3. The summed E-state index contributed by atoms with van der Waals surface area (Å²) in [6.07, 6.45) is 0. The fourth-order valence-electron chi connectivity index (χ4n) is 3.33. The number of hydrogen-bond acceptors (Lipinski definition) is 5. The van der Waals surface area contributed by atoms with Gasteiger partial charge in [-0.3, -0.25) is 4.79 Å². The SMILES string of the molecule is Cc1ccc(NC(=O)CSc2nnc(COc3cccc4ccccc34)n2C)c(C)c1. The molecule has 0 bridgehead atoms. The Bertz CT molecular complexity index is 1230. The minimum absolute atomic E-state index is 0.0755. The molecule has 0 spiro atoms. The van der Waals surface area contributed by atoms with E-state index in [-0.39, 0.29) is 11.7 Å². The average molecular weight is 433 g/mol. The number of aryl methyl sites for hydroxylation is 2. The van der Waals surface area contributed by atoms with Crippen LogP contribution in [0.5, 0.6) is 5.75 Å². The van der Waals surface area contributed by atoms with E-state index in [0.29, 0.717) is 17.6 Å². The maximum atomic E-state index is 12.4. The van der Waals surface area contributed by atoms with Crippen molar-refractivity contribution in [3.8, 4) is 5.75 Å². The summed E-state index contributed by atoms with van der Waals surface area (Å²) in [5.41, 5.74) is 3.05. The molecule has 0 atom stereocenters. The first kappa shape index (κ1) is 20.9. The Labute approximate surface area is 185 Å². The summed E-state index contributed by atoms with van der Waals surface area (Å²) in [7, 11) is 1.88. The number of amides is 1. The smallest absolute Gasteiger partial charge is 0.234 e. The van der Waals surface area contributed by atoms with Crippen LogP contribution in [0.3, 0.4) is 0 Å². The van der Waals surface area contributed by atoms with Crippen LogP contribution in [0.2, 0.25) is 0 Å². The molecule has 0 fully saturated rings. The number of rotatable bonds is 7. The van der Waals surface area contributed by atoms with Crippen LogP contribution in [0.15, 0.2) is 65.8 Å². The number of thioether (sulfide) groups is 1. The molecule has 0 aliphatic heterocycles. The first-order valence-corrected chi connectivity index (χ1v) is 11.0. The van der Waals surface area contributed by atoms with Crippen LogP contribution in [0.4, 0.5) is 5.69 Å². The van der Waals surface area contributed by atoms with Gasteiger partial charge >= 0.3 is 0 Å². The van der Waals surface area contributed by atoms with Gasteiger partial charge in [0.1, 0.15) is 12.4 Å². The molecule has 1 aromatic heterocycles. The first-order valence-electron chi connectivity index (χ1n) is 10.00. The maximum absolute atomic E-state index is 12.4. The lowest BCUT2D eigenvalue weighted by Gasteiger charge is -2.10. The monoisotopic (exact) mass is 432 g/mol. The van der Waals surface area contributed by atoms with Gasteiger partial charge in [0.25, 0.3) is 0 Å². The van der Waals surface area contributed by atoms with Gasteiger partial charge in [0.2, 0.25) is 5.91 Å². The van der Waals surface area contributed by atoms with E-state index in [9.17, 15) is 4.79 Å². The topological polar surface area (TPSA) is 69.0 Å². The highest BCUT2D eigenvalue weighted by Gasteiger charge is 2.13. The van der Waals surface area contributed by atoms with Crippen molar-refractivity contribution in [2.75, 3.05) is 11.1 Å². The van der Waals surface area contributed by atoms with Crippen LogP contribution in [0.1, 0.15) is 17.0 Å². The summed E-state index contributed by atoms with van der Waals surface area (Å²) >= 11 is 1.35. The van der Waals surface area contributed by atoms with Crippen LogP contribution >= 0.6 is 11.8 Å². The zero-order chi connectivity index (χ0) is 21.8. The first-order chi connectivity index (χ1) is 15.0. The van der Waals surface area contributed by atoms with E-state index in [0.717, 1.165) is 27.8 Å². The van der Waals surface area contributed by atoms with E-state index in [1.54, 1.807) is 0 Å². The number of fused-ring (bicyclic) bond motifs is 1. The minimum atomic E-state index is -0.0755. The second kappa shape index (κ2) is 9.22. The Balaban J connectivity index is 1.36. The number of nitrogens with one attached hydrogen (secondary N) is 1. The number of anilines is 1. The van der Waals surface area contributed by atoms with Crippen LogP contribution in [-0.4, -0.2) is 26.4 Å². The molecular weight excluding hydrogens is 408 g/mol.